The van der Waals surface area contributed by atoms with Gasteiger partial charge in [0, 0.05) is 17.7 Å². The smallest absolute Gasteiger partial charge is 0.267 e. The minimum Gasteiger partial charge on any atom is -0.267 e. The van der Waals surface area contributed by atoms with Crippen LogP contribution >= 0.6 is 0 Å². The first kappa shape index (κ1) is 15.2. The summed E-state index contributed by atoms with van der Waals surface area (Å²) in [5.74, 6) is -2.69. The van der Waals surface area contributed by atoms with Gasteiger partial charge in [0.15, 0.2) is 11.6 Å². The molecule has 22 heavy (non-hydrogen) atoms. The van der Waals surface area contributed by atoms with Crippen LogP contribution in [0, 0.1) is 21.7 Å². The summed E-state index contributed by atoms with van der Waals surface area (Å²) in [5.41, 5.74) is 2.22. The largest absolute Gasteiger partial charge is 0.271 e. The minimum atomic E-state index is -1.03. The average Bonchev–Trinajstić information content (AvgIpc) is 2.51. The molecule has 0 atom stereocenters. The van der Waals surface area contributed by atoms with Crippen LogP contribution in [0.2, 0.25) is 0 Å². The fourth-order valence-corrected chi connectivity index (χ4v) is 1.58. The number of halogens is 2. The van der Waals surface area contributed by atoms with Gasteiger partial charge in [0.05, 0.1) is 11.1 Å². The number of rotatable bonds is 4. The maximum Gasteiger partial charge on any atom is 0.271 e. The normalized spacial score (nSPS) is 10.6. The first-order chi connectivity index (χ1) is 10.5. The van der Waals surface area contributed by atoms with Gasteiger partial charge in [-0.05, 0) is 23.8 Å². The standard InChI is InChI=1S/C14H9F2N3O3/c15-12-5-4-9(6-13(12)16)8-17-18-14(20)10-2-1-3-11(7-10)19(21)22/h1-8H,(H,18,20)/b17-8+. The number of hydrogen-bond donors (Lipinski definition) is 1. The molecule has 0 bridgehead atoms. The van der Waals surface area contributed by atoms with Crippen LogP contribution < -0.4 is 5.43 Å². The zero-order chi connectivity index (χ0) is 16.1. The Balaban J connectivity index is 2.06. The van der Waals surface area contributed by atoms with Gasteiger partial charge < -0.3 is 0 Å². The SMILES string of the molecule is O=C(N/N=C/c1ccc(F)c(F)c1)c1cccc([N+](=O)[O-])c1. The highest BCUT2D eigenvalue weighted by Crippen LogP contribution is 2.12. The van der Waals surface area contributed by atoms with Crippen molar-refractivity contribution in [2.45, 2.75) is 0 Å². The Morgan fingerprint density at radius 1 is 1.18 bits per heavy atom. The maximum absolute atomic E-state index is 13.0. The highest BCUT2D eigenvalue weighted by molar-refractivity contribution is 5.95. The molecule has 0 aromatic heterocycles. The number of hydrogen-bond acceptors (Lipinski definition) is 4. The number of nitro groups is 1. The van der Waals surface area contributed by atoms with Crippen molar-refractivity contribution in [3.63, 3.8) is 0 Å². The van der Waals surface area contributed by atoms with E-state index in [0.29, 0.717) is 0 Å². The molecular formula is C14H9F2N3O3. The van der Waals surface area contributed by atoms with Crippen LogP contribution in [0.15, 0.2) is 47.6 Å². The molecule has 0 spiro atoms. The molecule has 1 N–H and O–H groups in total. The lowest BCUT2D eigenvalue weighted by atomic mass is 10.2. The molecule has 112 valence electrons. The molecule has 1 amide bonds. The fraction of sp³-hybridized carbons (Fsp3) is 0. The van der Waals surface area contributed by atoms with Gasteiger partial charge >= 0.3 is 0 Å². The van der Waals surface area contributed by atoms with E-state index in [1.165, 1.54) is 24.3 Å². The summed E-state index contributed by atoms with van der Waals surface area (Å²) in [6.45, 7) is 0. The molecule has 0 saturated carbocycles. The van der Waals surface area contributed by atoms with Crippen molar-refractivity contribution >= 4 is 17.8 Å². The molecule has 0 aliphatic heterocycles. The zero-order valence-corrected chi connectivity index (χ0v) is 11.0. The second-order valence-electron chi connectivity index (χ2n) is 4.18. The molecule has 6 nitrogen and oxygen atoms in total. The number of non-ortho nitro benzene ring substituents is 1. The van der Waals surface area contributed by atoms with Gasteiger partial charge in [0.1, 0.15) is 0 Å². The second kappa shape index (κ2) is 6.53. The number of benzene rings is 2. The Hall–Kier alpha value is -3.16. The number of hydrazone groups is 1. The van der Waals surface area contributed by atoms with Gasteiger partial charge in [0.2, 0.25) is 0 Å². The van der Waals surface area contributed by atoms with E-state index in [1.54, 1.807) is 0 Å². The van der Waals surface area contributed by atoms with Crippen molar-refractivity contribution in [2.24, 2.45) is 5.10 Å². The lowest BCUT2D eigenvalue weighted by Gasteiger charge is -2.00. The number of carbonyl (C=O) groups is 1. The highest BCUT2D eigenvalue weighted by atomic mass is 19.2. The molecule has 0 aliphatic rings. The van der Waals surface area contributed by atoms with Crippen LogP contribution in [0.3, 0.4) is 0 Å². The summed E-state index contributed by atoms with van der Waals surface area (Å²) in [6, 6.07) is 8.23. The van der Waals surface area contributed by atoms with Crippen LogP contribution in [-0.2, 0) is 0 Å². The van der Waals surface area contributed by atoms with Crippen LogP contribution in [0.1, 0.15) is 15.9 Å². The molecule has 0 saturated heterocycles. The summed E-state index contributed by atoms with van der Waals surface area (Å²) >= 11 is 0. The van der Waals surface area contributed by atoms with E-state index < -0.39 is 22.5 Å². The van der Waals surface area contributed by atoms with Gasteiger partial charge in [-0.2, -0.15) is 5.10 Å². The summed E-state index contributed by atoms with van der Waals surface area (Å²) < 4.78 is 25.7. The Morgan fingerprint density at radius 3 is 2.64 bits per heavy atom. The van der Waals surface area contributed by atoms with E-state index in [4.69, 9.17) is 0 Å². The molecule has 0 unspecified atom stereocenters. The van der Waals surface area contributed by atoms with Gasteiger partial charge in [-0.15, -0.1) is 0 Å². The first-order valence-electron chi connectivity index (χ1n) is 6.00. The van der Waals surface area contributed by atoms with Crippen LogP contribution in [-0.4, -0.2) is 17.0 Å². The maximum atomic E-state index is 13.0. The number of carbonyl (C=O) groups excluding carboxylic acids is 1. The monoisotopic (exact) mass is 305 g/mol. The third kappa shape index (κ3) is 3.69. The molecular weight excluding hydrogens is 296 g/mol. The molecule has 2 aromatic rings. The van der Waals surface area contributed by atoms with Crippen LogP contribution in [0.5, 0.6) is 0 Å². The first-order valence-corrected chi connectivity index (χ1v) is 6.00. The molecule has 0 fully saturated rings. The third-order valence-corrected chi connectivity index (χ3v) is 2.64. The second-order valence-corrected chi connectivity index (χ2v) is 4.18. The van der Waals surface area contributed by atoms with Gasteiger partial charge in [0.25, 0.3) is 11.6 Å². The van der Waals surface area contributed by atoms with Gasteiger partial charge in [-0.1, -0.05) is 12.1 Å². The number of nitro benzene ring substituents is 1. The van der Waals surface area contributed by atoms with E-state index in [1.807, 2.05) is 0 Å². The number of nitrogens with one attached hydrogen (secondary N) is 1. The molecule has 0 heterocycles. The highest BCUT2D eigenvalue weighted by Gasteiger charge is 2.10. The lowest BCUT2D eigenvalue weighted by Crippen LogP contribution is -2.17. The van der Waals surface area contributed by atoms with Gasteiger partial charge in [-0.25, -0.2) is 14.2 Å². The van der Waals surface area contributed by atoms with E-state index in [-0.39, 0.29) is 16.8 Å². The van der Waals surface area contributed by atoms with Crippen LogP contribution in [0.4, 0.5) is 14.5 Å². The lowest BCUT2D eigenvalue weighted by molar-refractivity contribution is -0.384. The summed E-state index contributed by atoms with van der Waals surface area (Å²) in [5, 5.41) is 14.2. The Labute approximate surface area is 123 Å². The summed E-state index contributed by atoms with van der Waals surface area (Å²) in [4.78, 5) is 21.7. The third-order valence-electron chi connectivity index (χ3n) is 2.64. The molecule has 0 aliphatic carbocycles. The van der Waals surface area contributed by atoms with Gasteiger partial charge in [-0.3, -0.25) is 14.9 Å². The Morgan fingerprint density at radius 2 is 1.95 bits per heavy atom. The van der Waals surface area contributed by atoms with E-state index in [0.717, 1.165) is 24.4 Å². The number of amides is 1. The minimum absolute atomic E-state index is 0.0524. The summed E-state index contributed by atoms with van der Waals surface area (Å²) in [6.07, 6.45) is 1.12. The Bertz CT molecular complexity index is 763. The fourth-order valence-electron chi connectivity index (χ4n) is 1.58. The predicted octanol–water partition coefficient (Wildman–Crippen LogP) is 2.64. The van der Waals surface area contributed by atoms with E-state index >= 15 is 0 Å². The molecule has 2 rings (SSSR count). The van der Waals surface area contributed by atoms with Crippen molar-refractivity contribution in [1.82, 2.24) is 5.43 Å². The molecule has 2 aromatic carbocycles. The van der Waals surface area contributed by atoms with E-state index in [2.05, 4.69) is 10.5 Å². The predicted molar refractivity (Wildman–Crippen MR) is 74.5 cm³/mol. The molecule has 0 radical (unpaired) electrons. The van der Waals surface area contributed by atoms with Crippen molar-refractivity contribution in [3.05, 3.63) is 75.3 Å². The zero-order valence-electron chi connectivity index (χ0n) is 11.0. The van der Waals surface area contributed by atoms with Crippen LogP contribution in [0.25, 0.3) is 0 Å². The van der Waals surface area contributed by atoms with Crippen molar-refractivity contribution < 1.29 is 18.5 Å². The van der Waals surface area contributed by atoms with Crippen molar-refractivity contribution in [3.8, 4) is 0 Å². The summed E-state index contributed by atoms with van der Waals surface area (Å²) in [7, 11) is 0. The average molecular weight is 305 g/mol. The molecule has 8 heteroatoms. The Kier molecular flexibility index (Phi) is 4.52. The topological polar surface area (TPSA) is 84.6 Å². The quantitative estimate of drug-likeness (QED) is 0.535. The number of nitrogens with zero attached hydrogens (tertiary/aromatic N) is 2. The van der Waals surface area contributed by atoms with E-state index in [9.17, 15) is 23.7 Å². The van der Waals surface area contributed by atoms with Crippen molar-refractivity contribution in [1.29, 1.82) is 0 Å². The van der Waals surface area contributed by atoms with Crippen molar-refractivity contribution in [2.75, 3.05) is 0 Å².